The average Bonchev–Trinajstić information content (AvgIpc) is 2.19. The number of rotatable bonds is 4. The highest BCUT2D eigenvalue weighted by Gasteiger charge is 1.99. The van der Waals surface area contributed by atoms with Gasteiger partial charge >= 0.3 is 0 Å². The van der Waals surface area contributed by atoms with Crippen molar-refractivity contribution in [2.45, 2.75) is 26.7 Å². The normalized spacial score (nSPS) is 11.4. The van der Waals surface area contributed by atoms with Crippen LogP contribution in [-0.4, -0.2) is 6.72 Å². The van der Waals surface area contributed by atoms with E-state index in [0.717, 1.165) is 12.8 Å². The predicted molar refractivity (Wildman–Crippen MR) is 63.6 cm³/mol. The molecule has 0 amide bonds. The van der Waals surface area contributed by atoms with E-state index in [-0.39, 0.29) is 0 Å². The molecule has 0 atom stereocenters. The molecule has 1 nitrogen and oxygen atoms in total. The van der Waals surface area contributed by atoms with Crippen LogP contribution in [0.3, 0.4) is 0 Å². The summed E-state index contributed by atoms with van der Waals surface area (Å²) in [4.78, 5) is 3.84. The van der Waals surface area contributed by atoms with Crippen molar-refractivity contribution in [2.24, 2.45) is 4.99 Å². The molecule has 0 aliphatic heterocycles. The molecule has 14 heavy (non-hydrogen) atoms. The summed E-state index contributed by atoms with van der Waals surface area (Å²) in [7, 11) is 0. The lowest BCUT2D eigenvalue weighted by Gasteiger charge is -2.05. The maximum absolute atomic E-state index is 3.84. The van der Waals surface area contributed by atoms with Gasteiger partial charge in [0.05, 0.1) is 0 Å². The van der Waals surface area contributed by atoms with Crippen molar-refractivity contribution in [1.29, 1.82) is 0 Å². The number of aliphatic imine (C=N–C) groups is 1. The van der Waals surface area contributed by atoms with Crippen molar-refractivity contribution < 1.29 is 0 Å². The van der Waals surface area contributed by atoms with E-state index in [2.05, 4.69) is 49.8 Å². The molecule has 74 valence electrons. The molecule has 1 rings (SSSR count). The van der Waals surface area contributed by atoms with Gasteiger partial charge in [-0.2, -0.15) is 0 Å². The zero-order valence-corrected chi connectivity index (χ0v) is 8.96. The fourth-order valence-electron chi connectivity index (χ4n) is 1.43. The smallest absolute Gasteiger partial charge is 0.0298 e. The van der Waals surface area contributed by atoms with Crippen molar-refractivity contribution in [3.8, 4) is 0 Å². The lowest BCUT2D eigenvalue weighted by Crippen LogP contribution is -1.84. The van der Waals surface area contributed by atoms with Gasteiger partial charge in [0.1, 0.15) is 0 Å². The molecule has 0 fully saturated rings. The van der Waals surface area contributed by atoms with Gasteiger partial charge in [0, 0.05) is 6.20 Å². The third kappa shape index (κ3) is 2.84. The minimum atomic E-state index is 1.06. The number of allylic oxidation sites excluding steroid dienone is 1. The molecule has 1 aromatic rings. The monoisotopic (exact) mass is 187 g/mol. The number of hydrogen-bond donors (Lipinski definition) is 0. The SMILES string of the molecule is C=N/C=C(\CCC)c1ccc(C)cc1. The zero-order chi connectivity index (χ0) is 10.4. The Balaban J connectivity index is 2.93. The standard InChI is InChI=1S/C13H17N/c1-4-5-13(10-14-3)12-8-6-11(2)7-9-12/h6-10H,3-5H2,1-2H3/b13-10+. The van der Waals surface area contributed by atoms with Crippen molar-refractivity contribution in [3.63, 3.8) is 0 Å². The van der Waals surface area contributed by atoms with Crippen LogP contribution in [-0.2, 0) is 0 Å². The van der Waals surface area contributed by atoms with Gasteiger partial charge in [-0.15, -0.1) is 0 Å². The molecule has 0 aliphatic carbocycles. The van der Waals surface area contributed by atoms with Gasteiger partial charge in [0.15, 0.2) is 0 Å². The first-order valence-corrected chi connectivity index (χ1v) is 5.00. The Hall–Kier alpha value is -1.37. The van der Waals surface area contributed by atoms with Gasteiger partial charge in [0.2, 0.25) is 0 Å². The van der Waals surface area contributed by atoms with Crippen LogP contribution in [0.25, 0.3) is 5.57 Å². The molecular weight excluding hydrogens is 170 g/mol. The molecule has 0 N–H and O–H groups in total. The zero-order valence-electron chi connectivity index (χ0n) is 8.96. The molecule has 0 aromatic heterocycles. The highest BCUT2D eigenvalue weighted by Crippen LogP contribution is 2.20. The van der Waals surface area contributed by atoms with Crippen LogP contribution in [0.4, 0.5) is 0 Å². The molecule has 1 heteroatoms. The molecule has 0 saturated heterocycles. The molecule has 0 heterocycles. The molecule has 1 aromatic carbocycles. The van der Waals surface area contributed by atoms with Crippen molar-refractivity contribution in [3.05, 3.63) is 41.6 Å². The van der Waals surface area contributed by atoms with E-state index in [4.69, 9.17) is 0 Å². The van der Waals surface area contributed by atoms with Crippen LogP contribution >= 0.6 is 0 Å². The third-order valence-corrected chi connectivity index (χ3v) is 2.19. The van der Waals surface area contributed by atoms with Crippen molar-refractivity contribution >= 4 is 12.3 Å². The van der Waals surface area contributed by atoms with E-state index in [9.17, 15) is 0 Å². The maximum atomic E-state index is 3.84. The highest BCUT2D eigenvalue weighted by molar-refractivity contribution is 5.66. The maximum Gasteiger partial charge on any atom is 0.0298 e. The largest absolute Gasteiger partial charge is 0.272 e. The van der Waals surface area contributed by atoms with Crippen molar-refractivity contribution in [2.75, 3.05) is 0 Å². The van der Waals surface area contributed by atoms with Crippen LogP contribution in [0.15, 0.2) is 35.5 Å². The highest BCUT2D eigenvalue weighted by atomic mass is 14.6. The molecule has 0 unspecified atom stereocenters. The van der Waals surface area contributed by atoms with Gasteiger partial charge in [-0.3, -0.25) is 4.99 Å². The Kier molecular flexibility index (Phi) is 4.11. The first-order valence-electron chi connectivity index (χ1n) is 5.00. The topological polar surface area (TPSA) is 12.4 Å². The third-order valence-electron chi connectivity index (χ3n) is 2.19. The average molecular weight is 187 g/mol. The summed E-state index contributed by atoms with van der Waals surface area (Å²) in [6, 6.07) is 8.54. The van der Waals surface area contributed by atoms with Crippen LogP contribution < -0.4 is 0 Å². The number of hydrogen-bond acceptors (Lipinski definition) is 1. The second-order valence-corrected chi connectivity index (χ2v) is 3.45. The van der Waals surface area contributed by atoms with Gasteiger partial charge in [-0.1, -0.05) is 43.2 Å². The van der Waals surface area contributed by atoms with E-state index in [0.29, 0.717) is 0 Å². The van der Waals surface area contributed by atoms with E-state index in [1.54, 1.807) is 0 Å². The number of aryl methyl sites for hydroxylation is 1. The molecule has 0 radical (unpaired) electrons. The number of nitrogens with zero attached hydrogens (tertiary/aromatic N) is 1. The molecule has 0 bridgehead atoms. The lowest BCUT2D eigenvalue weighted by molar-refractivity contribution is 0.971. The lowest BCUT2D eigenvalue weighted by atomic mass is 10.0. The Labute approximate surface area is 86.2 Å². The summed E-state index contributed by atoms with van der Waals surface area (Å²) in [5.74, 6) is 0. The summed E-state index contributed by atoms with van der Waals surface area (Å²) in [5.41, 5.74) is 3.81. The van der Waals surface area contributed by atoms with Gasteiger partial charge < -0.3 is 0 Å². The van der Waals surface area contributed by atoms with Crippen LogP contribution in [0.2, 0.25) is 0 Å². The predicted octanol–water partition coefficient (Wildman–Crippen LogP) is 3.84. The van der Waals surface area contributed by atoms with Crippen LogP contribution in [0.1, 0.15) is 30.9 Å². The fraction of sp³-hybridized carbons (Fsp3) is 0.308. The Morgan fingerprint density at radius 3 is 2.50 bits per heavy atom. The quantitative estimate of drug-likeness (QED) is 0.635. The Morgan fingerprint density at radius 2 is 2.00 bits per heavy atom. The summed E-state index contributed by atoms with van der Waals surface area (Å²) in [6.45, 7) is 7.77. The van der Waals surface area contributed by atoms with Gasteiger partial charge in [0.25, 0.3) is 0 Å². The second kappa shape index (κ2) is 5.38. The molecule has 0 spiro atoms. The van der Waals surface area contributed by atoms with Gasteiger partial charge in [-0.25, -0.2) is 0 Å². The number of benzene rings is 1. The van der Waals surface area contributed by atoms with E-state index in [1.165, 1.54) is 16.7 Å². The van der Waals surface area contributed by atoms with Crippen molar-refractivity contribution in [1.82, 2.24) is 0 Å². The molecule has 0 saturated carbocycles. The first kappa shape index (κ1) is 10.7. The summed E-state index contributed by atoms with van der Waals surface area (Å²) in [5, 5.41) is 0. The second-order valence-electron chi connectivity index (χ2n) is 3.45. The summed E-state index contributed by atoms with van der Waals surface area (Å²) < 4.78 is 0. The van der Waals surface area contributed by atoms with Crippen LogP contribution in [0.5, 0.6) is 0 Å². The minimum Gasteiger partial charge on any atom is -0.272 e. The van der Waals surface area contributed by atoms with E-state index in [1.807, 2.05) is 6.20 Å². The summed E-state index contributed by atoms with van der Waals surface area (Å²) in [6.07, 6.45) is 4.05. The van der Waals surface area contributed by atoms with E-state index < -0.39 is 0 Å². The Bertz CT molecular complexity index is 320. The van der Waals surface area contributed by atoms with Gasteiger partial charge in [-0.05, 0) is 31.2 Å². The fourth-order valence-corrected chi connectivity index (χ4v) is 1.43. The molecular formula is C13H17N. The Morgan fingerprint density at radius 1 is 1.36 bits per heavy atom. The van der Waals surface area contributed by atoms with E-state index >= 15 is 0 Å². The summed E-state index contributed by atoms with van der Waals surface area (Å²) >= 11 is 0. The molecule has 0 aliphatic rings. The van der Waals surface area contributed by atoms with Crippen LogP contribution in [0, 0.1) is 6.92 Å². The first-order chi connectivity index (χ1) is 6.77. The minimum absolute atomic E-state index is 1.06.